The first kappa shape index (κ1) is 18.9. The van der Waals surface area contributed by atoms with Crippen LogP contribution in [-0.4, -0.2) is 43.2 Å². The summed E-state index contributed by atoms with van der Waals surface area (Å²) in [5.74, 6) is 0.953. The van der Waals surface area contributed by atoms with E-state index in [9.17, 15) is 4.79 Å². The number of thiophene rings is 1. The molecule has 4 aromatic heterocycles. The van der Waals surface area contributed by atoms with Gasteiger partial charge in [0.05, 0.1) is 10.6 Å². The van der Waals surface area contributed by atoms with Gasteiger partial charge in [-0.05, 0) is 61.9 Å². The maximum Gasteiger partial charge on any atom is 0.274 e. The van der Waals surface area contributed by atoms with Crippen molar-refractivity contribution in [3.05, 3.63) is 70.9 Å². The van der Waals surface area contributed by atoms with Gasteiger partial charge in [-0.25, -0.2) is 15.0 Å². The van der Waals surface area contributed by atoms with Crippen molar-refractivity contribution in [3.63, 3.8) is 0 Å². The van der Waals surface area contributed by atoms with Crippen molar-refractivity contribution >= 4 is 22.9 Å². The Morgan fingerprint density at radius 3 is 2.90 bits per heavy atom. The Bertz CT molecular complexity index is 1210. The van der Waals surface area contributed by atoms with Gasteiger partial charge in [-0.1, -0.05) is 6.07 Å². The standard InChI is InChI=1S/C23H23N5OS/c1-15-7-9-27-14-19(25-21(27)11-15)23(29)28-8-3-5-17(13-28)22-24-16(2)12-18(26-22)20-6-4-10-30-20/h4,6-7,9-12,14,17H,3,5,8,13H2,1-2H3/t17-/m1/s1. The van der Waals surface area contributed by atoms with Crippen molar-refractivity contribution in [2.24, 2.45) is 0 Å². The lowest BCUT2D eigenvalue weighted by Gasteiger charge is -2.31. The number of imidazole rings is 1. The molecule has 1 atom stereocenters. The Labute approximate surface area is 179 Å². The van der Waals surface area contributed by atoms with Gasteiger partial charge >= 0.3 is 0 Å². The smallest absolute Gasteiger partial charge is 0.274 e. The minimum absolute atomic E-state index is 0.0211. The molecule has 0 aromatic carbocycles. The fourth-order valence-electron chi connectivity index (χ4n) is 4.05. The molecule has 1 aliphatic heterocycles. The summed E-state index contributed by atoms with van der Waals surface area (Å²) in [6.45, 7) is 5.40. The van der Waals surface area contributed by atoms with Crippen LogP contribution in [0.4, 0.5) is 0 Å². The predicted molar refractivity (Wildman–Crippen MR) is 118 cm³/mol. The number of likely N-dealkylation sites (tertiary alicyclic amines) is 1. The van der Waals surface area contributed by atoms with Crippen LogP contribution in [0.25, 0.3) is 16.2 Å². The van der Waals surface area contributed by atoms with E-state index in [0.29, 0.717) is 12.2 Å². The summed E-state index contributed by atoms with van der Waals surface area (Å²) in [4.78, 5) is 30.3. The summed E-state index contributed by atoms with van der Waals surface area (Å²) in [6, 6.07) is 10.1. The molecule has 30 heavy (non-hydrogen) atoms. The zero-order chi connectivity index (χ0) is 20.7. The Morgan fingerprint density at radius 2 is 2.07 bits per heavy atom. The van der Waals surface area contributed by atoms with E-state index < -0.39 is 0 Å². The first-order valence-electron chi connectivity index (χ1n) is 10.2. The van der Waals surface area contributed by atoms with Crippen LogP contribution < -0.4 is 0 Å². The van der Waals surface area contributed by atoms with Gasteiger partial charge in [-0.2, -0.15) is 0 Å². The van der Waals surface area contributed by atoms with Gasteiger partial charge in [0.25, 0.3) is 5.91 Å². The van der Waals surface area contributed by atoms with Crippen LogP contribution in [-0.2, 0) is 0 Å². The number of nitrogens with zero attached hydrogens (tertiary/aromatic N) is 5. The van der Waals surface area contributed by atoms with Gasteiger partial charge in [-0.3, -0.25) is 4.79 Å². The van der Waals surface area contributed by atoms with Gasteiger partial charge in [-0.15, -0.1) is 11.3 Å². The number of rotatable bonds is 3. The Balaban J connectivity index is 1.40. The highest BCUT2D eigenvalue weighted by Crippen LogP contribution is 2.29. The maximum absolute atomic E-state index is 13.2. The Morgan fingerprint density at radius 1 is 1.17 bits per heavy atom. The number of hydrogen-bond donors (Lipinski definition) is 0. The van der Waals surface area contributed by atoms with E-state index in [-0.39, 0.29) is 11.8 Å². The third-order valence-corrected chi connectivity index (χ3v) is 6.45. The first-order chi connectivity index (χ1) is 14.6. The minimum Gasteiger partial charge on any atom is -0.337 e. The molecular weight excluding hydrogens is 394 g/mol. The summed E-state index contributed by atoms with van der Waals surface area (Å²) in [5, 5.41) is 2.06. The van der Waals surface area contributed by atoms with Crippen LogP contribution in [0.5, 0.6) is 0 Å². The lowest BCUT2D eigenvalue weighted by atomic mass is 9.96. The van der Waals surface area contributed by atoms with Crippen molar-refractivity contribution < 1.29 is 4.79 Å². The van der Waals surface area contributed by atoms with Crippen molar-refractivity contribution in [1.82, 2.24) is 24.3 Å². The van der Waals surface area contributed by atoms with E-state index in [1.54, 1.807) is 11.3 Å². The van der Waals surface area contributed by atoms with Crippen molar-refractivity contribution in [2.75, 3.05) is 13.1 Å². The van der Waals surface area contributed by atoms with E-state index >= 15 is 0 Å². The van der Waals surface area contributed by atoms with E-state index in [2.05, 4.69) is 16.4 Å². The molecule has 152 valence electrons. The SMILES string of the molecule is Cc1ccn2cc(C(=O)N3CCC[C@@H](c4nc(C)cc(-c5cccs5)n4)C3)nc2c1. The van der Waals surface area contributed by atoms with Crippen molar-refractivity contribution in [2.45, 2.75) is 32.6 Å². The highest BCUT2D eigenvalue weighted by atomic mass is 32.1. The number of pyridine rings is 1. The molecule has 0 bridgehead atoms. The Hall–Kier alpha value is -3.06. The minimum atomic E-state index is -0.0211. The molecule has 5 heterocycles. The molecule has 0 saturated carbocycles. The van der Waals surface area contributed by atoms with Gasteiger partial charge in [0.15, 0.2) is 0 Å². The number of fused-ring (bicyclic) bond motifs is 1. The van der Waals surface area contributed by atoms with Crippen molar-refractivity contribution in [1.29, 1.82) is 0 Å². The van der Waals surface area contributed by atoms with Crippen LogP contribution in [0.2, 0.25) is 0 Å². The summed E-state index contributed by atoms with van der Waals surface area (Å²) in [6.07, 6.45) is 5.69. The molecule has 0 N–H and O–H groups in total. The number of amides is 1. The third-order valence-electron chi connectivity index (χ3n) is 5.55. The molecular formula is C23H23N5OS. The zero-order valence-electron chi connectivity index (χ0n) is 17.1. The van der Waals surface area contributed by atoms with Gasteiger partial charge in [0, 0.05) is 37.1 Å². The second-order valence-electron chi connectivity index (χ2n) is 7.92. The highest BCUT2D eigenvalue weighted by Gasteiger charge is 2.28. The summed E-state index contributed by atoms with van der Waals surface area (Å²) in [7, 11) is 0. The maximum atomic E-state index is 13.2. The van der Waals surface area contributed by atoms with E-state index in [1.165, 1.54) is 0 Å². The quantitative estimate of drug-likeness (QED) is 0.493. The summed E-state index contributed by atoms with van der Waals surface area (Å²) < 4.78 is 1.90. The average Bonchev–Trinajstić information content (AvgIpc) is 3.42. The summed E-state index contributed by atoms with van der Waals surface area (Å²) >= 11 is 1.68. The van der Waals surface area contributed by atoms with Gasteiger partial charge in [0.2, 0.25) is 0 Å². The largest absolute Gasteiger partial charge is 0.337 e. The second-order valence-corrected chi connectivity index (χ2v) is 8.86. The third kappa shape index (κ3) is 3.61. The predicted octanol–water partition coefficient (Wildman–Crippen LogP) is 4.49. The van der Waals surface area contributed by atoms with Crippen LogP contribution in [0.3, 0.4) is 0 Å². The number of aryl methyl sites for hydroxylation is 2. The molecule has 1 fully saturated rings. The molecule has 4 aromatic rings. The van der Waals surface area contributed by atoms with Crippen LogP contribution in [0.1, 0.15) is 46.3 Å². The molecule has 0 spiro atoms. The van der Waals surface area contributed by atoms with Gasteiger partial charge < -0.3 is 9.30 Å². The van der Waals surface area contributed by atoms with Crippen molar-refractivity contribution in [3.8, 4) is 10.6 Å². The molecule has 1 amide bonds. The number of piperidine rings is 1. The van der Waals surface area contributed by atoms with E-state index in [4.69, 9.17) is 9.97 Å². The molecule has 5 rings (SSSR count). The molecule has 1 saturated heterocycles. The number of aromatic nitrogens is 4. The number of carbonyl (C=O) groups is 1. The van der Waals surface area contributed by atoms with Crippen LogP contribution in [0.15, 0.2) is 48.1 Å². The molecule has 1 aliphatic rings. The van der Waals surface area contributed by atoms with Crippen LogP contribution >= 0.6 is 11.3 Å². The van der Waals surface area contributed by atoms with Crippen LogP contribution in [0, 0.1) is 13.8 Å². The Kier molecular flexibility index (Phi) is 4.83. The molecule has 0 radical (unpaired) electrons. The fourth-order valence-corrected chi connectivity index (χ4v) is 4.73. The van der Waals surface area contributed by atoms with E-state index in [0.717, 1.165) is 52.7 Å². The highest BCUT2D eigenvalue weighted by molar-refractivity contribution is 7.13. The second kappa shape index (κ2) is 7.65. The lowest BCUT2D eigenvalue weighted by molar-refractivity contribution is 0.0699. The molecule has 0 unspecified atom stereocenters. The number of carbonyl (C=O) groups excluding carboxylic acids is 1. The summed E-state index contributed by atoms with van der Waals surface area (Å²) in [5.41, 5.74) is 4.35. The first-order valence-corrected chi connectivity index (χ1v) is 11.1. The van der Waals surface area contributed by atoms with Gasteiger partial charge in [0.1, 0.15) is 17.2 Å². The fraction of sp³-hybridized carbons (Fsp3) is 0.304. The molecule has 7 heteroatoms. The number of hydrogen-bond acceptors (Lipinski definition) is 5. The topological polar surface area (TPSA) is 63.4 Å². The lowest BCUT2D eigenvalue weighted by Crippen LogP contribution is -2.39. The van der Waals surface area contributed by atoms with E-state index in [1.807, 2.05) is 59.8 Å². The zero-order valence-corrected chi connectivity index (χ0v) is 17.9. The monoisotopic (exact) mass is 417 g/mol. The average molecular weight is 418 g/mol. The molecule has 6 nitrogen and oxygen atoms in total. The molecule has 0 aliphatic carbocycles. The normalized spacial score (nSPS) is 16.9.